The zero-order valence-electron chi connectivity index (χ0n) is 5.32. The van der Waals surface area contributed by atoms with E-state index in [4.69, 9.17) is 23.2 Å². The van der Waals surface area contributed by atoms with Crippen molar-refractivity contribution in [1.29, 1.82) is 0 Å². The van der Waals surface area contributed by atoms with E-state index in [0.717, 1.165) is 0 Å². The Labute approximate surface area is 78.6 Å². The molecule has 0 aliphatic carbocycles. The first kappa shape index (κ1) is 10.5. The summed E-state index contributed by atoms with van der Waals surface area (Å²) < 4.78 is 0. The smallest absolute Gasteiger partial charge is 0.289 e. The van der Waals surface area contributed by atoms with E-state index in [2.05, 4.69) is 15.9 Å². The predicted octanol–water partition coefficient (Wildman–Crippen LogP) is 2.28. The lowest BCUT2D eigenvalue weighted by Gasteiger charge is -2.16. The van der Waals surface area contributed by atoms with Gasteiger partial charge in [-0.2, -0.15) is 0 Å². The van der Waals surface area contributed by atoms with E-state index in [1.54, 1.807) is 4.90 Å². The number of hydrogen-bond acceptors (Lipinski definition) is 1. The average Bonchev–Trinajstić information content (AvgIpc) is 1.87. The molecule has 0 atom stereocenters. The number of carbonyl (C=O) groups is 1. The Balaban J connectivity index is 3.61. The van der Waals surface area contributed by atoms with Gasteiger partial charge in [0.25, 0.3) is 4.82 Å². The molecule has 0 rings (SSSR count). The molecule has 0 saturated heterocycles. The van der Waals surface area contributed by atoms with Gasteiger partial charge in [0, 0.05) is 40.8 Å². The predicted molar refractivity (Wildman–Crippen MR) is 47.3 cm³/mol. The number of nitrogens with zero attached hydrogens (tertiary/aromatic N) is 1. The minimum atomic E-state index is -0.159. The SMILES string of the molecule is O=C(Br)N(CCCl)CCCl. The van der Waals surface area contributed by atoms with E-state index in [1.807, 2.05) is 0 Å². The fourth-order valence-corrected chi connectivity index (χ4v) is 1.25. The minimum absolute atomic E-state index is 0.159. The van der Waals surface area contributed by atoms with Gasteiger partial charge in [0.1, 0.15) is 0 Å². The van der Waals surface area contributed by atoms with Crippen molar-refractivity contribution in [1.82, 2.24) is 4.90 Å². The standard InChI is InChI=1S/C5H8BrCl2NO/c6-5(10)9(3-1-7)4-2-8/h1-4H2. The van der Waals surface area contributed by atoms with Gasteiger partial charge in [-0.1, -0.05) is 0 Å². The molecule has 1 amide bonds. The van der Waals surface area contributed by atoms with Crippen molar-refractivity contribution in [2.45, 2.75) is 0 Å². The van der Waals surface area contributed by atoms with Crippen LogP contribution in [-0.4, -0.2) is 34.6 Å². The van der Waals surface area contributed by atoms with E-state index < -0.39 is 0 Å². The molecule has 0 aromatic heterocycles. The van der Waals surface area contributed by atoms with Crippen molar-refractivity contribution < 1.29 is 4.79 Å². The van der Waals surface area contributed by atoms with Crippen LogP contribution < -0.4 is 0 Å². The van der Waals surface area contributed by atoms with Crippen LogP contribution >= 0.6 is 39.1 Å². The van der Waals surface area contributed by atoms with Crippen LogP contribution in [-0.2, 0) is 0 Å². The first-order valence-electron chi connectivity index (χ1n) is 2.78. The summed E-state index contributed by atoms with van der Waals surface area (Å²) in [4.78, 5) is 12.0. The zero-order chi connectivity index (χ0) is 7.98. The number of alkyl halides is 2. The Morgan fingerprint density at radius 1 is 1.30 bits per heavy atom. The van der Waals surface area contributed by atoms with E-state index in [9.17, 15) is 4.79 Å². The van der Waals surface area contributed by atoms with Crippen LogP contribution in [0, 0.1) is 0 Å². The molecule has 0 aliphatic heterocycles. The maximum atomic E-state index is 10.6. The van der Waals surface area contributed by atoms with Crippen LogP contribution in [0.4, 0.5) is 4.79 Å². The Morgan fingerprint density at radius 2 is 1.70 bits per heavy atom. The minimum Gasteiger partial charge on any atom is -0.331 e. The molecule has 60 valence electrons. The van der Waals surface area contributed by atoms with Crippen LogP contribution in [0.5, 0.6) is 0 Å². The van der Waals surface area contributed by atoms with Crippen molar-refractivity contribution >= 4 is 43.9 Å². The maximum absolute atomic E-state index is 10.6. The molecular weight excluding hydrogens is 241 g/mol. The first-order chi connectivity index (χ1) is 4.72. The number of hydrogen-bond donors (Lipinski definition) is 0. The highest BCUT2D eigenvalue weighted by atomic mass is 79.9. The summed E-state index contributed by atoms with van der Waals surface area (Å²) in [5, 5.41) is 0. The van der Waals surface area contributed by atoms with E-state index >= 15 is 0 Å². The van der Waals surface area contributed by atoms with Crippen molar-refractivity contribution in [2.24, 2.45) is 0 Å². The topological polar surface area (TPSA) is 20.3 Å². The van der Waals surface area contributed by atoms with Crippen LogP contribution in [0.15, 0.2) is 0 Å². The Bertz CT molecular complexity index is 106. The number of halogens is 3. The molecular formula is C5H8BrCl2NO. The molecule has 2 nitrogen and oxygen atoms in total. The lowest BCUT2D eigenvalue weighted by atomic mass is 10.6. The molecule has 0 radical (unpaired) electrons. The summed E-state index contributed by atoms with van der Waals surface area (Å²) in [7, 11) is 0. The molecule has 0 aromatic carbocycles. The van der Waals surface area contributed by atoms with Crippen molar-refractivity contribution in [3.63, 3.8) is 0 Å². The summed E-state index contributed by atoms with van der Waals surface area (Å²) >= 11 is 13.6. The van der Waals surface area contributed by atoms with Gasteiger partial charge < -0.3 is 4.90 Å². The Kier molecular flexibility index (Phi) is 6.59. The lowest BCUT2D eigenvalue weighted by Crippen LogP contribution is -2.29. The van der Waals surface area contributed by atoms with E-state index in [-0.39, 0.29) is 4.82 Å². The normalized spacial score (nSPS) is 9.50. The van der Waals surface area contributed by atoms with Gasteiger partial charge in [0.2, 0.25) is 0 Å². The molecule has 5 heteroatoms. The van der Waals surface area contributed by atoms with Gasteiger partial charge in [0.05, 0.1) is 0 Å². The number of rotatable bonds is 4. The highest BCUT2D eigenvalue weighted by Crippen LogP contribution is 1.99. The zero-order valence-corrected chi connectivity index (χ0v) is 8.42. The summed E-state index contributed by atoms with van der Waals surface area (Å²) in [5.41, 5.74) is 0. The second-order valence-electron chi connectivity index (χ2n) is 1.62. The van der Waals surface area contributed by atoms with Crippen LogP contribution in [0.1, 0.15) is 0 Å². The third-order valence-electron chi connectivity index (χ3n) is 0.957. The largest absolute Gasteiger partial charge is 0.331 e. The molecule has 0 spiro atoms. The average molecular weight is 249 g/mol. The van der Waals surface area contributed by atoms with Crippen molar-refractivity contribution in [2.75, 3.05) is 24.8 Å². The van der Waals surface area contributed by atoms with Gasteiger partial charge in [-0.15, -0.1) is 23.2 Å². The van der Waals surface area contributed by atoms with Gasteiger partial charge >= 0.3 is 0 Å². The summed E-state index contributed by atoms with van der Waals surface area (Å²) in [6, 6.07) is 0. The molecule has 0 aromatic rings. The fraction of sp³-hybridized carbons (Fsp3) is 0.800. The Hall–Kier alpha value is 0.530. The van der Waals surface area contributed by atoms with Gasteiger partial charge in [-0.25, -0.2) is 0 Å². The molecule has 0 saturated carbocycles. The van der Waals surface area contributed by atoms with Crippen molar-refractivity contribution in [3.05, 3.63) is 0 Å². The van der Waals surface area contributed by atoms with Crippen LogP contribution in [0.2, 0.25) is 0 Å². The second kappa shape index (κ2) is 6.25. The first-order valence-corrected chi connectivity index (χ1v) is 4.65. The molecule has 0 N–H and O–H groups in total. The molecule has 0 aliphatic rings. The molecule has 0 bridgehead atoms. The highest BCUT2D eigenvalue weighted by Gasteiger charge is 2.06. The lowest BCUT2D eigenvalue weighted by molar-refractivity contribution is 0.230. The van der Waals surface area contributed by atoms with Gasteiger partial charge in [-0.3, -0.25) is 4.79 Å². The summed E-state index contributed by atoms with van der Waals surface area (Å²) in [6.45, 7) is 1.08. The summed E-state index contributed by atoms with van der Waals surface area (Å²) in [6.07, 6.45) is 0. The van der Waals surface area contributed by atoms with Gasteiger partial charge in [0.15, 0.2) is 0 Å². The molecule has 0 fully saturated rings. The second-order valence-corrected chi connectivity index (χ2v) is 3.05. The van der Waals surface area contributed by atoms with E-state index in [1.165, 1.54) is 0 Å². The maximum Gasteiger partial charge on any atom is 0.289 e. The number of carbonyl (C=O) groups excluding carboxylic acids is 1. The number of amides is 1. The fourth-order valence-electron chi connectivity index (χ4n) is 0.492. The highest BCUT2D eigenvalue weighted by molar-refractivity contribution is 9.18. The summed E-state index contributed by atoms with van der Waals surface area (Å²) in [5.74, 6) is 0.877. The quantitative estimate of drug-likeness (QED) is 0.425. The molecule has 0 unspecified atom stereocenters. The molecule has 0 heterocycles. The van der Waals surface area contributed by atoms with Gasteiger partial charge in [-0.05, 0) is 0 Å². The van der Waals surface area contributed by atoms with Crippen LogP contribution in [0.25, 0.3) is 0 Å². The Morgan fingerprint density at radius 3 is 1.90 bits per heavy atom. The molecule has 10 heavy (non-hydrogen) atoms. The van der Waals surface area contributed by atoms with Crippen molar-refractivity contribution in [3.8, 4) is 0 Å². The van der Waals surface area contributed by atoms with Crippen LogP contribution in [0.3, 0.4) is 0 Å². The van der Waals surface area contributed by atoms with E-state index in [0.29, 0.717) is 24.8 Å². The third kappa shape index (κ3) is 4.36. The third-order valence-corrected chi connectivity index (χ3v) is 1.80. The monoisotopic (exact) mass is 247 g/mol.